The third-order valence-corrected chi connectivity index (χ3v) is 3.57. The monoisotopic (exact) mass is 301 g/mol. The van der Waals surface area contributed by atoms with E-state index in [1.54, 1.807) is 35.1 Å². The lowest BCUT2D eigenvalue weighted by Crippen LogP contribution is -2.41. The summed E-state index contributed by atoms with van der Waals surface area (Å²) in [5.41, 5.74) is 1.31. The summed E-state index contributed by atoms with van der Waals surface area (Å²) in [5, 5.41) is 13.1. The average Bonchev–Trinajstić information content (AvgIpc) is 3.05. The van der Waals surface area contributed by atoms with Gasteiger partial charge in [-0.05, 0) is 43.7 Å². The predicted octanol–water partition coefficient (Wildman–Crippen LogP) is 2.20. The highest BCUT2D eigenvalue weighted by atomic mass is 16.4. The summed E-state index contributed by atoms with van der Waals surface area (Å²) in [6.07, 6.45) is 4.19. The first-order valence-corrected chi connectivity index (χ1v) is 7.15. The minimum absolute atomic E-state index is 0.130. The van der Waals surface area contributed by atoms with Crippen LogP contribution in [0.5, 0.6) is 0 Å². The first-order chi connectivity index (χ1) is 10.5. The standard InChI is InChI=1S/C16H19N3O3/c1-3-12(2)18(11-15(20)21)16(22)13-5-7-14(8-6-13)19-10-4-9-17-19/h4-10,12H,3,11H2,1-2H3,(H,20,21). The zero-order valence-corrected chi connectivity index (χ0v) is 12.6. The SMILES string of the molecule is CCC(C)N(CC(=O)O)C(=O)c1ccc(-n2cccn2)cc1. The number of hydrogen-bond donors (Lipinski definition) is 1. The van der Waals surface area contributed by atoms with Gasteiger partial charge in [0, 0.05) is 24.0 Å². The van der Waals surface area contributed by atoms with Gasteiger partial charge in [0.25, 0.3) is 5.91 Å². The van der Waals surface area contributed by atoms with Crippen LogP contribution in [0.2, 0.25) is 0 Å². The first kappa shape index (κ1) is 15.8. The molecular weight excluding hydrogens is 282 g/mol. The second-order valence-corrected chi connectivity index (χ2v) is 5.08. The lowest BCUT2D eigenvalue weighted by Gasteiger charge is -2.27. The van der Waals surface area contributed by atoms with Crippen LogP contribution in [-0.2, 0) is 4.79 Å². The van der Waals surface area contributed by atoms with Crippen molar-refractivity contribution in [2.24, 2.45) is 0 Å². The maximum absolute atomic E-state index is 12.5. The molecule has 0 fully saturated rings. The van der Waals surface area contributed by atoms with Crippen LogP contribution in [0.25, 0.3) is 5.69 Å². The number of carboxylic acid groups (broad SMARTS) is 1. The van der Waals surface area contributed by atoms with Crippen molar-refractivity contribution in [3.05, 3.63) is 48.3 Å². The Bertz CT molecular complexity index is 635. The van der Waals surface area contributed by atoms with E-state index in [0.29, 0.717) is 12.0 Å². The third-order valence-electron chi connectivity index (χ3n) is 3.57. The molecule has 0 aliphatic carbocycles. The van der Waals surface area contributed by atoms with Crippen LogP contribution in [0.15, 0.2) is 42.7 Å². The van der Waals surface area contributed by atoms with Crippen LogP contribution >= 0.6 is 0 Å². The van der Waals surface area contributed by atoms with Crippen molar-refractivity contribution >= 4 is 11.9 Å². The molecule has 0 saturated heterocycles. The Kier molecular flexibility index (Phi) is 4.93. The largest absolute Gasteiger partial charge is 0.480 e. The Labute approximate surface area is 129 Å². The van der Waals surface area contributed by atoms with E-state index in [4.69, 9.17) is 5.11 Å². The van der Waals surface area contributed by atoms with Crippen molar-refractivity contribution in [2.45, 2.75) is 26.3 Å². The molecule has 1 amide bonds. The van der Waals surface area contributed by atoms with Crippen LogP contribution in [0.3, 0.4) is 0 Å². The lowest BCUT2D eigenvalue weighted by atomic mass is 10.1. The molecule has 6 heteroatoms. The molecule has 0 spiro atoms. The molecule has 1 heterocycles. The van der Waals surface area contributed by atoms with Gasteiger partial charge < -0.3 is 10.0 Å². The second-order valence-electron chi connectivity index (χ2n) is 5.08. The number of aromatic nitrogens is 2. The quantitative estimate of drug-likeness (QED) is 0.887. The van der Waals surface area contributed by atoms with Gasteiger partial charge in [-0.25, -0.2) is 4.68 Å². The van der Waals surface area contributed by atoms with Crippen molar-refractivity contribution in [2.75, 3.05) is 6.54 Å². The number of nitrogens with zero attached hydrogens (tertiary/aromatic N) is 3. The maximum Gasteiger partial charge on any atom is 0.323 e. The van der Waals surface area contributed by atoms with Gasteiger partial charge in [-0.3, -0.25) is 9.59 Å². The van der Waals surface area contributed by atoms with Crippen molar-refractivity contribution in [3.63, 3.8) is 0 Å². The van der Waals surface area contributed by atoms with Gasteiger partial charge in [-0.1, -0.05) is 6.92 Å². The summed E-state index contributed by atoms with van der Waals surface area (Å²) in [4.78, 5) is 24.9. The number of benzene rings is 1. The van der Waals surface area contributed by atoms with E-state index in [9.17, 15) is 9.59 Å². The van der Waals surface area contributed by atoms with Crippen LogP contribution in [0, 0.1) is 0 Å². The molecule has 2 rings (SSSR count). The molecule has 0 radical (unpaired) electrons. The fraction of sp³-hybridized carbons (Fsp3) is 0.312. The Hall–Kier alpha value is -2.63. The molecule has 1 aromatic heterocycles. The van der Waals surface area contributed by atoms with Gasteiger partial charge in [0.15, 0.2) is 0 Å². The highest BCUT2D eigenvalue weighted by Crippen LogP contribution is 2.13. The Morgan fingerprint density at radius 2 is 2.00 bits per heavy atom. The van der Waals surface area contributed by atoms with E-state index < -0.39 is 5.97 Å². The molecule has 116 valence electrons. The highest BCUT2D eigenvalue weighted by molar-refractivity contribution is 5.96. The number of carbonyl (C=O) groups excluding carboxylic acids is 1. The van der Waals surface area contributed by atoms with E-state index >= 15 is 0 Å². The van der Waals surface area contributed by atoms with Crippen LogP contribution in [0.4, 0.5) is 0 Å². The fourth-order valence-electron chi connectivity index (χ4n) is 2.14. The molecule has 1 N–H and O–H groups in total. The van der Waals surface area contributed by atoms with Gasteiger partial charge in [0.05, 0.1) is 5.69 Å². The molecule has 6 nitrogen and oxygen atoms in total. The van der Waals surface area contributed by atoms with E-state index in [-0.39, 0.29) is 18.5 Å². The van der Waals surface area contributed by atoms with Crippen molar-refractivity contribution < 1.29 is 14.7 Å². The number of carbonyl (C=O) groups is 2. The summed E-state index contributed by atoms with van der Waals surface area (Å²) in [5.74, 6) is -1.29. The van der Waals surface area contributed by atoms with Crippen molar-refractivity contribution in [3.8, 4) is 5.69 Å². The zero-order chi connectivity index (χ0) is 16.1. The molecule has 0 bridgehead atoms. The number of amides is 1. The van der Waals surface area contributed by atoms with Gasteiger partial charge in [0.2, 0.25) is 0 Å². The van der Waals surface area contributed by atoms with E-state index in [1.807, 2.05) is 26.1 Å². The molecule has 1 unspecified atom stereocenters. The molecule has 0 aliphatic rings. The van der Waals surface area contributed by atoms with Crippen LogP contribution < -0.4 is 0 Å². The molecule has 0 aliphatic heterocycles. The van der Waals surface area contributed by atoms with E-state index in [0.717, 1.165) is 5.69 Å². The summed E-state index contributed by atoms with van der Waals surface area (Å²) in [6.45, 7) is 3.47. The minimum atomic E-state index is -1.01. The predicted molar refractivity (Wildman–Crippen MR) is 82.0 cm³/mol. The van der Waals surface area contributed by atoms with E-state index in [1.165, 1.54) is 4.90 Å². The topological polar surface area (TPSA) is 75.4 Å². The smallest absolute Gasteiger partial charge is 0.323 e. The van der Waals surface area contributed by atoms with E-state index in [2.05, 4.69) is 5.10 Å². The van der Waals surface area contributed by atoms with Gasteiger partial charge >= 0.3 is 5.97 Å². The average molecular weight is 301 g/mol. The molecule has 1 aromatic carbocycles. The molecule has 1 atom stereocenters. The lowest BCUT2D eigenvalue weighted by molar-refractivity contribution is -0.138. The zero-order valence-electron chi connectivity index (χ0n) is 12.6. The molecule has 22 heavy (non-hydrogen) atoms. The molecule has 0 saturated carbocycles. The van der Waals surface area contributed by atoms with Gasteiger partial charge in [0.1, 0.15) is 6.54 Å². The molecular formula is C16H19N3O3. The summed E-state index contributed by atoms with van der Waals surface area (Å²) in [6, 6.07) is 8.64. The second kappa shape index (κ2) is 6.89. The van der Waals surface area contributed by atoms with Crippen molar-refractivity contribution in [1.29, 1.82) is 0 Å². The summed E-state index contributed by atoms with van der Waals surface area (Å²) < 4.78 is 1.69. The van der Waals surface area contributed by atoms with Gasteiger partial charge in [-0.2, -0.15) is 5.10 Å². The number of hydrogen-bond acceptors (Lipinski definition) is 3. The van der Waals surface area contributed by atoms with Crippen LogP contribution in [0.1, 0.15) is 30.6 Å². The normalized spacial score (nSPS) is 11.9. The Morgan fingerprint density at radius 1 is 1.32 bits per heavy atom. The van der Waals surface area contributed by atoms with Crippen LogP contribution in [-0.4, -0.2) is 44.3 Å². The number of carboxylic acids is 1. The fourth-order valence-corrected chi connectivity index (χ4v) is 2.14. The highest BCUT2D eigenvalue weighted by Gasteiger charge is 2.22. The molecule has 2 aromatic rings. The maximum atomic E-state index is 12.5. The number of rotatable bonds is 6. The number of aliphatic carboxylic acids is 1. The Balaban J connectivity index is 2.21. The van der Waals surface area contributed by atoms with Crippen molar-refractivity contribution in [1.82, 2.24) is 14.7 Å². The Morgan fingerprint density at radius 3 is 2.50 bits per heavy atom. The third kappa shape index (κ3) is 3.52. The first-order valence-electron chi connectivity index (χ1n) is 7.15. The summed E-state index contributed by atoms with van der Waals surface area (Å²) >= 11 is 0. The van der Waals surface area contributed by atoms with Gasteiger partial charge in [-0.15, -0.1) is 0 Å². The minimum Gasteiger partial charge on any atom is -0.480 e. The summed E-state index contributed by atoms with van der Waals surface area (Å²) in [7, 11) is 0.